The molecule has 1 aromatic rings. The SMILES string of the molecule is CCCC1CCN(C(CN)c2ccc(C)cc2Br)CC1. The van der Waals surface area contributed by atoms with Crippen LogP contribution in [0, 0.1) is 12.8 Å². The number of hydrogen-bond donors (Lipinski definition) is 1. The smallest absolute Gasteiger partial charge is 0.0481 e. The van der Waals surface area contributed by atoms with E-state index in [0.29, 0.717) is 12.6 Å². The Labute approximate surface area is 131 Å². The number of likely N-dealkylation sites (tertiary alicyclic amines) is 1. The quantitative estimate of drug-likeness (QED) is 0.868. The molecule has 2 rings (SSSR count). The van der Waals surface area contributed by atoms with E-state index in [-0.39, 0.29) is 0 Å². The van der Waals surface area contributed by atoms with Crippen molar-refractivity contribution < 1.29 is 0 Å². The summed E-state index contributed by atoms with van der Waals surface area (Å²) in [7, 11) is 0. The lowest BCUT2D eigenvalue weighted by atomic mass is 9.91. The number of hydrogen-bond acceptors (Lipinski definition) is 2. The Balaban J connectivity index is 2.05. The standard InChI is InChI=1S/C17H27BrN2/c1-3-4-14-7-9-20(10-8-14)17(12-19)15-6-5-13(2)11-16(15)18/h5-6,11,14,17H,3-4,7-10,12,19H2,1-2H3. The Morgan fingerprint density at radius 1 is 1.35 bits per heavy atom. The summed E-state index contributed by atoms with van der Waals surface area (Å²) in [5.41, 5.74) is 8.70. The minimum atomic E-state index is 0.354. The van der Waals surface area contributed by atoms with Crippen LogP contribution < -0.4 is 5.73 Å². The van der Waals surface area contributed by atoms with E-state index < -0.39 is 0 Å². The van der Waals surface area contributed by atoms with E-state index in [4.69, 9.17) is 5.73 Å². The van der Waals surface area contributed by atoms with E-state index in [0.717, 1.165) is 5.92 Å². The van der Waals surface area contributed by atoms with Gasteiger partial charge in [-0.2, -0.15) is 0 Å². The topological polar surface area (TPSA) is 29.3 Å². The van der Waals surface area contributed by atoms with Crippen LogP contribution in [0.3, 0.4) is 0 Å². The molecule has 1 unspecified atom stereocenters. The first-order chi connectivity index (χ1) is 9.65. The molecule has 1 heterocycles. The minimum absolute atomic E-state index is 0.354. The average molecular weight is 339 g/mol. The van der Waals surface area contributed by atoms with E-state index in [1.54, 1.807) is 0 Å². The van der Waals surface area contributed by atoms with Crippen LogP contribution in [-0.2, 0) is 0 Å². The fourth-order valence-electron chi connectivity index (χ4n) is 3.34. The molecule has 2 N–H and O–H groups in total. The Kier molecular flexibility index (Phi) is 6.06. The highest BCUT2D eigenvalue weighted by Crippen LogP contribution is 2.32. The van der Waals surface area contributed by atoms with Gasteiger partial charge in [0.25, 0.3) is 0 Å². The van der Waals surface area contributed by atoms with Gasteiger partial charge in [0.1, 0.15) is 0 Å². The zero-order valence-electron chi connectivity index (χ0n) is 12.7. The Bertz CT molecular complexity index is 425. The maximum atomic E-state index is 6.07. The summed E-state index contributed by atoms with van der Waals surface area (Å²) in [4.78, 5) is 2.57. The fourth-order valence-corrected chi connectivity index (χ4v) is 4.09. The van der Waals surface area contributed by atoms with E-state index in [2.05, 4.69) is 52.9 Å². The maximum Gasteiger partial charge on any atom is 0.0481 e. The summed E-state index contributed by atoms with van der Waals surface area (Å²) < 4.78 is 1.20. The molecule has 1 atom stereocenters. The molecule has 2 nitrogen and oxygen atoms in total. The number of halogens is 1. The Hall–Kier alpha value is -0.380. The van der Waals surface area contributed by atoms with E-state index in [9.17, 15) is 0 Å². The highest BCUT2D eigenvalue weighted by Gasteiger charge is 2.26. The van der Waals surface area contributed by atoms with Crippen LogP contribution in [0.1, 0.15) is 49.8 Å². The lowest BCUT2D eigenvalue weighted by molar-refractivity contribution is 0.131. The Morgan fingerprint density at radius 2 is 2.05 bits per heavy atom. The van der Waals surface area contributed by atoms with Gasteiger partial charge < -0.3 is 5.73 Å². The summed E-state index contributed by atoms with van der Waals surface area (Å²) in [6.45, 7) is 7.49. The van der Waals surface area contributed by atoms with E-state index in [1.165, 1.54) is 54.4 Å². The summed E-state index contributed by atoms with van der Waals surface area (Å²) in [5, 5.41) is 0. The van der Waals surface area contributed by atoms with Crippen molar-refractivity contribution in [1.82, 2.24) is 4.90 Å². The third-order valence-electron chi connectivity index (χ3n) is 4.53. The molecule has 0 spiro atoms. The van der Waals surface area contributed by atoms with Gasteiger partial charge >= 0.3 is 0 Å². The third-order valence-corrected chi connectivity index (χ3v) is 5.21. The van der Waals surface area contributed by atoms with Crippen LogP contribution in [0.25, 0.3) is 0 Å². The van der Waals surface area contributed by atoms with Crippen LogP contribution >= 0.6 is 15.9 Å². The molecule has 0 amide bonds. The van der Waals surface area contributed by atoms with Crippen LogP contribution in [0.4, 0.5) is 0 Å². The van der Waals surface area contributed by atoms with Crippen LogP contribution in [0.5, 0.6) is 0 Å². The molecule has 1 aromatic carbocycles. The van der Waals surface area contributed by atoms with Crippen LogP contribution in [0.2, 0.25) is 0 Å². The van der Waals surface area contributed by atoms with Gasteiger partial charge in [-0.15, -0.1) is 0 Å². The molecule has 0 aromatic heterocycles. The summed E-state index contributed by atoms with van der Waals surface area (Å²) in [5.74, 6) is 0.927. The number of aryl methyl sites for hydroxylation is 1. The molecule has 0 aliphatic carbocycles. The summed E-state index contributed by atoms with van der Waals surface area (Å²) in [6.07, 6.45) is 5.35. The van der Waals surface area contributed by atoms with Gasteiger partial charge in [-0.25, -0.2) is 0 Å². The van der Waals surface area contributed by atoms with Crippen molar-refractivity contribution in [3.05, 3.63) is 33.8 Å². The second-order valence-corrected chi connectivity index (χ2v) is 6.90. The molecule has 1 fully saturated rings. The van der Waals surface area contributed by atoms with Gasteiger partial charge in [-0.05, 0) is 56.0 Å². The van der Waals surface area contributed by atoms with Crippen molar-refractivity contribution in [3.8, 4) is 0 Å². The lowest BCUT2D eigenvalue weighted by Crippen LogP contribution is -2.40. The van der Waals surface area contributed by atoms with Crippen molar-refractivity contribution in [2.24, 2.45) is 11.7 Å². The molecule has 112 valence electrons. The van der Waals surface area contributed by atoms with E-state index in [1.807, 2.05) is 0 Å². The second-order valence-electron chi connectivity index (χ2n) is 6.04. The largest absolute Gasteiger partial charge is 0.329 e. The highest BCUT2D eigenvalue weighted by molar-refractivity contribution is 9.10. The maximum absolute atomic E-state index is 6.07. The minimum Gasteiger partial charge on any atom is -0.329 e. The first-order valence-electron chi connectivity index (χ1n) is 7.85. The number of piperidine rings is 1. The number of rotatable bonds is 5. The molecular weight excluding hydrogens is 312 g/mol. The molecule has 1 aliphatic heterocycles. The number of benzene rings is 1. The van der Waals surface area contributed by atoms with Gasteiger partial charge in [0.05, 0.1) is 0 Å². The zero-order valence-corrected chi connectivity index (χ0v) is 14.3. The van der Waals surface area contributed by atoms with Crippen molar-refractivity contribution >= 4 is 15.9 Å². The first kappa shape index (κ1) is 16.0. The van der Waals surface area contributed by atoms with Crippen molar-refractivity contribution in [1.29, 1.82) is 0 Å². The predicted octanol–water partition coefficient (Wildman–Crippen LogP) is 4.27. The second kappa shape index (κ2) is 7.58. The van der Waals surface area contributed by atoms with Crippen LogP contribution in [-0.4, -0.2) is 24.5 Å². The molecule has 3 heteroatoms. The van der Waals surface area contributed by atoms with Gasteiger partial charge in [-0.1, -0.05) is 47.8 Å². The van der Waals surface area contributed by atoms with Crippen LogP contribution in [0.15, 0.2) is 22.7 Å². The number of nitrogens with two attached hydrogens (primary N) is 1. The monoisotopic (exact) mass is 338 g/mol. The van der Waals surface area contributed by atoms with Crippen molar-refractivity contribution in [2.45, 2.75) is 45.6 Å². The molecule has 0 bridgehead atoms. The van der Waals surface area contributed by atoms with Gasteiger partial charge in [0, 0.05) is 17.1 Å². The lowest BCUT2D eigenvalue weighted by Gasteiger charge is -2.37. The summed E-state index contributed by atoms with van der Waals surface area (Å²) in [6, 6.07) is 6.97. The third kappa shape index (κ3) is 3.84. The normalized spacial score (nSPS) is 19.2. The van der Waals surface area contributed by atoms with Crippen molar-refractivity contribution in [3.63, 3.8) is 0 Å². The molecule has 1 saturated heterocycles. The highest BCUT2D eigenvalue weighted by atomic mass is 79.9. The van der Waals surface area contributed by atoms with Gasteiger partial charge in [0.15, 0.2) is 0 Å². The zero-order chi connectivity index (χ0) is 14.5. The molecular formula is C17H27BrN2. The molecule has 1 aliphatic rings. The summed E-state index contributed by atoms with van der Waals surface area (Å²) >= 11 is 3.71. The van der Waals surface area contributed by atoms with Crippen molar-refractivity contribution in [2.75, 3.05) is 19.6 Å². The molecule has 0 saturated carbocycles. The predicted molar refractivity (Wildman–Crippen MR) is 89.9 cm³/mol. The van der Waals surface area contributed by atoms with E-state index >= 15 is 0 Å². The fraction of sp³-hybridized carbons (Fsp3) is 0.647. The average Bonchev–Trinajstić information content (AvgIpc) is 2.44. The van der Waals surface area contributed by atoms with Gasteiger partial charge in [0.2, 0.25) is 0 Å². The van der Waals surface area contributed by atoms with Gasteiger partial charge in [-0.3, -0.25) is 4.90 Å². The molecule has 0 radical (unpaired) electrons. The number of nitrogens with zero attached hydrogens (tertiary/aromatic N) is 1. The Morgan fingerprint density at radius 3 is 2.60 bits per heavy atom. The first-order valence-corrected chi connectivity index (χ1v) is 8.65. The molecule has 20 heavy (non-hydrogen) atoms.